The first-order valence-corrected chi connectivity index (χ1v) is 7.41. The monoisotopic (exact) mass is 356 g/mol. The summed E-state index contributed by atoms with van der Waals surface area (Å²) in [7, 11) is 0. The number of benzene rings is 2. The molecule has 1 amide bonds. The van der Waals surface area contributed by atoms with E-state index in [2.05, 4.69) is 10.6 Å². The summed E-state index contributed by atoms with van der Waals surface area (Å²) in [5.41, 5.74) is 1.23. The highest BCUT2D eigenvalue weighted by molar-refractivity contribution is 7.82. The zero-order chi connectivity index (χ0) is 16.1. The van der Waals surface area contributed by atoms with E-state index < -0.39 is 5.91 Å². The van der Waals surface area contributed by atoms with Crippen LogP contribution in [0, 0.1) is 5.82 Å². The van der Waals surface area contributed by atoms with Gasteiger partial charge in [-0.2, -0.15) is 0 Å². The largest absolute Gasteiger partial charge is 0.368 e. The van der Waals surface area contributed by atoms with Crippen molar-refractivity contribution < 1.29 is 9.18 Å². The molecule has 2 aromatic rings. The normalized spacial score (nSPS) is 10.1. The Morgan fingerprint density at radius 2 is 1.82 bits per heavy atom. The van der Waals surface area contributed by atoms with Crippen molar-refractivity contribution in [1.82, 2.24) is 5.32 Å². The maximum Gasteiger partial charge on any atom is 0.283 e. The van der Waals surface area contributed by atoms with Crippen LogP contribution < -0.4 is 10.6 Å². The van der Waals surface area contributed by atoms with Gasteiger partial charge in [0.05, 0.1) is 0 Å². The number of anilines is 1. The van der Waals surface area contributed by atoms with E-state index in [1.165, 1.54) is 24.3 Å². The van der Waals surface area contributed by atoms with Crippen molar-refractivity contribution in [3.63, 3.8) is 0 Å². The molecule has 2 rings (SSSR count). The molecule has 0 spiro atoms. The van der Waals surface area contributed by atoms with Gasteiger partial charge in [-0.1, -0.05) is 41.5 Å². The van der Waals surface area contributed by atoms with Gasteiger partial charge < -0.3 is 10.6 Å². The fourth-order valence-electron chi connectivity index (χ4n) is 1.64. The quantitative estimate of drug-likeness (QED) is 0.810. The molecule has 0 radical (unpaired) electrons. The van der Waals surface area contributed by atoms with Crippen LogP contribution in [0.25, 0.3) is 0 Å². The van der Waals surface area contributed by atoms with Crippen molar-refractivity contribution in [1.29, 1.82) is 0 Å². The number of carbonyl (C=O) groups excluding carboxylic acids is 1. The summed E-state index contributed by atoms with van der Waals surface area (Å²) in [5.74, 6) is -0.859. The molecule has 22 heavy (non-hydrogen) atoms. The second kappa shape index (κ2) is 7.54. The van der Waals surface area contributed by atoms with E-state index in [0.717, 1.165) is 5.56 Å². The highest BCUT2D eigenvalue weighted by Crippen LogP contribution is 2.20. The molecular formula is C15H11Cl2FN2OS. The SMILES string of the molecule is O=C(Nc1ccc(F)cc1)C(=S)NCc1ccc(Cl)cc1Cl. The maximum atomic E-state index is 12.8. The van der Waals surface area contributed by atoms with Crippen molar-refractivity contribution >= 4 is 52.0 Å². The Bertz CT molecular complexity index is 707. The van der Waals surface area contributed by atoms with Gasteiger partial charge in [-0.25, -0.2) is 4.39 Å². The van der Waals surface area contributed by atoms with E-state index in [0.29, 0.717) is 22.3 Å². The minimum atomic E-state index is -0.480. The number of nitrogens with one attached hydrogen (secondary N) is 2. The fraction of sp³-hybridized carbons (Fsp3) is 0.0667. The summed E-state index contributed by atoms with van der Waals surface area (Å²) in [4.78, 5) is 11.9. The van der Waals surface area contributed by atoms with Crippen molar-refractivity contribution in [2.45, 2.75) is 6.54 Å². The summed E-state index contributed by atoms with van der Waals surface area (Å²) in [6, 6.07) is 10.5. The first-order valence-electron chi connectivity index (χ1n) is 6.24. The molecule has 2 N–H and O–H groups in total. The predicted molar refractivity (Wildman–Crippen MR) is 90.9 cm³/mol. The lowest BCUT2D eigenvalue weighted by Crippen LogP contribution is -2.33. The highest BCUT2D eigenvalue weighted by Gasteiger charge is 2.10. The Kier molecular flexibility index (Phi) is 5.71. The molecule has 0 saturated carbocycles. The smallest absolute Gasteiger partial charge is 0.283 e. The lowest BCUT2D eigenvalue weighted by atomic mass is 10.2. The van der Waals surface area contributed by atoms with Crippen molar-refractivity contribution in [2.75, 3.05) is 5.32 Å². The molecule has 0 heterocycles. The van der Waals surface area contributed by atoms with Gasteiger partial charge in [-0.05, 0) is 42.0 Å². The zero-order valence-electron chi connectivity index (χ0n) is 11.2. The first kappa shape index (κ1) is 16.7. The number of halogens is 3. The van der Waals surface area contributed by atoms with Crippen LogP contribution in [0.4, 0.5) is 10.1 Å². The summed E-state index contributed by atoms with van der Waals surface area (Å²) in [5, 5.41) is 6.39. The molecule has 0 aliphatic heterocycles. The molecule has 0 aliphatic carbocycles. The second-order valence-electron chi connectivity index (χ2n) is 4.38. The van der Waals surface area contributed by atoms with Gasteiger partial charge >= 0.3 is 0 Å². The minimum Gasteiger partial charge on any atom is -0.368 e. The molecule has 3 nitrogen and oxygen atoms in total. The molecule has 0 aliphatic rings. The molecule has 2 aromatic carbocycles. The molecule has 7 heteroatoms. The van der Waals surface area contributed by atoms with Gasteiger partial charge in [0.1, 0.15) is 5.82 Å². The molecule has 0 saturated heterocycles. The van der Waals surface area contributed by atoms with Gasteiger partial charge in [0, 0.05) is 22.3 Å². The number of hydrogen-bond acceptors (Lipinski definition) is 2. The van der Waals surface area contributed by atoms with Gasteiger partial charge in [0.2, 0.25) is 0 Å². The predicted octanol–water partition coefficient (Wildman–Crippen LogP) is 4.19. The molecule has 0 atom stereocenters. The minimum absolute atomic E-state index is 0.00958. The summed E-state index contributed by atoms with van der Waals surface area (Å²) in [6.07, 6.45) is 0. The van der Waals surface area contributed by atoms with Crippen LogP contribution in [0.5, 0.6) is 0 Å². The third-order valence-corrected chi connectivity index (χ3v) is 3.68. The molecule has 0 unspecified atom stereocenters. The Labute approximate surface area is 142 Å². The van der Waals surface area contributed by atoms with Gasteiger partial charge in [0.15, 0.2) is 4.99 Å². The Balaban J connectivity index is 1.91. The average molecular weight is 357 g/mol. The first-order chi connectivity index (χ1) is 10.5. The lowest BCUT2D eigenvalue weighted by Gasteiger charge is -2.10. The number of rotatable bonds is 3. The highest BCUT2D eigenvalue weighted by atomic mass is 35.5. The van der Waals surface area contributed by atoms with Crippen molar-refractivity contribution in [2.24, 2.45) is 0 Å². The van der Waals surface area contributed by atoms with Crippen LogP contribution in [0.15, 0.2) is 42.5 Å². The Morgan fingerprint density at radius 1 is 1.14 bits per heavy atom. The van der Waals surface area contributed by atoms with E-state index in [-0.39, 0.29) is 10.8 Å². The standard InChI is InChI=1S/C15H11Cl2FN2OS/c16-10-2-1-9(13(17)7-10)8-19-15(22)14(21)20-12-5-3-11(18)4-6-12/h1-7H,8H2,(H,19,22)(H,20,21). The van der Waals surface area contributed by atoms with Crippen molar-refractivity contribution in [3.05, 3.63) is 63.9 Å². The zero-order valence-corrected chi connectivity index (χ0v) is 13.5. The third kappa shape index (κ3) is 4.66. The third-order valence-electron chi connectivity index (χ3n) is 2.76. The van der Waals surface area contributed by atoms with Crippen LogP contribution in [-0.2, 0) is 11.3 Å². The number of amides is 1. The number of hydrogen-bond donors (Lipinski definition) is 2. The van der Waals surface area contributed by atoms with Crippen LogP contribution in [-0.4, -0.2) is 10.9 Å². The van der Waals surface area contributed by atoms with Crippen molar-refractivity contribution in [3.8, 4) is 0 Å². The summed E-state index contributed by atoms with van der Waals surface area (Å²) in [6.45, 7) is 0.297. The van der Waals surface area contributed by atoms with Crippen LogP contribution >= 0.6 is 35.4 Å². The fourth-order valence-corrected chi connectivity index (χ4v) is 2.24. The number of carbonyl (C=O) groups is 1. The van der Waals surface area contributed by atoms with Gasteiger partial charge in [0.25, 0.3) is 5.91 Å². The molecule has 0 bridgehead atoms. The Hall–Kier alpha value is -1.69. The number of thiocarbonyl (C=S) groups is 1. The van der Waals surface area contributed by atoms with Gasteiger partial charge in [-0.15, -0.1) is 0 Å². The van der Waals surface area contributed by atoms with E-state index in [9.17, 15) is 9.18 Å². The topological polar surface area (TPSA) is 41.1 Å². The van der Waals surface area contributed by atoms with Crippen LogP contribution in [0.2, 0.25) is 10.0 Å². The molecule has 0 fully saturated rings. The van der Waals surface area contributed by atoms with Crippen LogP contribution in [0.3, 0.4) is 0 Å². The summed E-state index contributed by atoms with van der Waals surface area (Å²) >= 11 is 16.8. The van der Waals surface area contributed by atoms with E-state index in [1.54, 1.807) is 18.2 Å². The Morgan fingerprint density at radius 3 is 2.45 bits per heavy atom. The van der Waals surface area contributed by atoms with E-state index in [1.807, 2.05) is 0 Å². The van der Waals surface area contributed by atoms with E-state index >= 15 is 0 Å². The van der Waals surface area contributed by atoms with Gasteiger partial charge in [-0.3, -0.25) is 4.79 Å². The van der Waals surface area contributed by atoms with E-state index in [4.69, 9.17) is 35.4 Å². The molecule has 0 aromatic heterocycles. The summed E-state index contributed by atoms with van der Waals surface area (Å²) < 4.78 is 12.8. The van der Waals surface area contributed by atoms with Crippen LogP contribution in [0.1, 0.15) is 5.56 Å². The second-order valence-corrected chi connectivity index (χ2v) is 5.63. The lowest BCUT2D eigenvalue weighted by molar-refractivity contribution is -0.110. The maximum absolute atomic E-state index is 12.8. The average Bonchev–Trinajstić information content (AvgIpc) is 2.48. The molecule has 114 valence electrons. The molecular weight excluding hydrogens is 346 g/mol.